The summed E-state index contributed by atoms with van der Waals surface area (Å²) in [7, 11) is 0. The predicted octanol–water partition coefficient (Wildman–Crippen LogP) is 3.29. The molecule has 1 unspecified atom stereocenters. The van der Waals surface area contributed by atoms with Gasteiger partial charge in [0.1, 0.15) is 5.82 Å². The van der Waals surface area contributed by atoms with Crippen LogP contribution in [0.5, 0.6) is 0 Å². The van der Waals surface area contributed by atoms with Crippen LogP contribution in [-0.2, 0) is 13.0 Å². The van der Waals surface area contributed by atoms with Gasteiger partial charge < -0.3 is 4.57 Å². The van der Waals surface area contributed by atoms with Gasteiger partial charge in [-0.15, -0.1) is 10.2 Å². The average Bonchev–Trinajstić information content (AvgIpc) is 2.71. The minimum Gasteiger partial charge on any atom is -0.311 e. The molecule has 0 radical (unpaired) electrons. The van der Waals surface area contributed by atoms with Gasteiger partial charge in [0.2, 0.25) is 0 Å². The number of hydrogen-bond donors (Lipinski definition) is 0. The molecule has 0 saturated heterocycles. The van der Waals surface area contributed by atoms with Gasteiger partial charge in [-0.05, 0) is 24.5 Å². The van der Waals surface area contributed by atoms with E-state index in [4.69, 9.17) is 0 Å². The zero-order valence-corrected chi connectivity index (χ0v) is 11.3. The highest BCUT2D eigenvalue weighted by Gasteiger charge is 2.20. The summed E-state index contributed by atoms with van der Waals surface area (Å²) < 4.78 is 3.34. The van der Waals surface area contributed by atoms with Crippen molar-refractivity contribution in [3.63, 3.8) is 0 Å². The second-order valence-corrected chi connectivity index (χ2v) is 5.62. The largest absolute Gasteiger partial charge is 0.311 e. The first-order chi connectivity index (χ1) is 8.24. The predicted molar refractivity (Wildman–Crippen MR) is 70.6 cm³/mol. The molecule has 1 atom stereocenters. The fourth-order valence-corrected chi connectivity index (χ4v) is 2.73. The van der Waals surface area contributed by atoms with Crippen LogP contribution in [0.15, 0.2) is 28.7 Å². The minimum absolute atomic E-state index is 0.712. The molecule has 0 bridgehead atoms. The Morgan fingerprint density at radius 2 is 2.24 bits per heavy atom. The topological polar surface area (TPSA) is 30.7 Å². The number of benzene rings is 1. The molecule has 2 heterocycles. The van der Waals surface area contributed by atoms with Gasteiger partial charge in [0.25, 0.3) is 0 Å². The summed E-state index contributed by atoms with van der Waals surface area (Å²) in [6.45, 7) is 3.32. The quantitative estimate of drug-likeness (QED) is 0.807. The maximum atomic E-state index is 4.34. The van der Waals surface area contributed by atoms with Crippen molar-refractivity contribution in [2.45, 2.75) is 26.3 Å². The molecule has 3 nitrogen and oxygen atoms in total. The summed E-state index contributed by atoms with van der Waals surface area (Å²) in [5, 5.41) is 8.63. The summed E-state index contributed by atoms with van der Waals surface area (Å²) in [5.74, 6) is 2.83. The van der Waals surface area contributed by atoms with Crippen molar-refractivity contribution in [1.82, 2.24) is 14.8 Å². The summed E-state index contributed by atoms with van der Waals surface area (Å²) in [4.78, 5) is 0. The molecular weight excluding hydrogens is 278 g/mol. The molecule has 1 aromatic carbocycles. The molecule has 0 aliphatic carbocycles. The second-order valence-electron chi connectivity index (χ2n) is 4.70. The highest BCUT2D eigenvalue weighted by molar-refractivity contribution is 9.10. The highest BCUT2D eigenvalue weighted by atomic mass is 79.9. The van der Waals surface area contributed by atoms with Gasteiger partial charge in [-0.1, -0.05) is 35.0 Å². The number of aromatic nitrogens is 3. The molecule has 88 valence electrons. The number of hydrogen-bond acceptors (Lipinski definition) is 2. The van der Waals surface area contributed by atoms with E-state index in [0.29, 0.717) is 5.92 Å². The molecule has 1 aliphatic heterocycles. The summed E-state index contributed by atoms with van der Waals surface area (Å²) in [6, 6.07) is 8.24. The molecule has 0 spiro atoms. The maximum Gasteiger partial charge on any atom is 0.164 e. The Morgan fingerprint density at radius 3 is 3.06 bits per heavy atom. The lowest BCUT2D eigenvalue weighted by molar-refractivity contribution is 0.396. The molecule has 4 heteroatoms. The van der Waals surface area contributed by atoms with Crippen molar-refractivity contribution in [2.24, 2.45) is 5.92 Å². The molecule has 0 amide bonds. The number of fused-ring (bicyclic) bond motifs is 1. The number of rotatable bonds is 1. The van der Waals surface area contributed by atoms with Crippen molar-refractivity contribution < 1.29 is 0 Å². The van der Waals surface area contributed by atoms with Crippen LogP contribution in [0.4, 0.5) is 0 Å². The number of halogens is 1. The van der Waals surface area contributed by atoms with Crippen molar-refractivity contribution in [2.75, 3.05) is 0 Å². The van der Waals surface area contributed by atoms with Crippen LogP contribution < -0.4 is 0 Å². The number of aryl methyl sites for hydroxylation is 1. The van der Waals surface area contributed by atoms with E-state index >= 15 is 0 Å². The maximum absolute atomic E-state index is 4.34. The zero-order valence-electron chi connectivity index (χ0n) is 9.73. The van der Waals surface area contributed by atoms with Crippen LogP contribution in [0.3, 0.4) is 0 Å². The molecule has 0 saturated carbocycles. The van der Waals surface area contributed by atoms with Crippen LogP contribution in [0, 0.1) is 5.92 Å². The third-order valence-electron chi connectivity index (χ3n) is 3.27. The van der Waals surface area contributed by atoms with E-state index in [0.717, 1.165) is 34.7 Å². The molecule has 0 N–H and O–H groups in total. The lowest BCUT2D eigenvalue weighted by Crippen LogP contribution is -2.18. The van der Waals surface area contributed by atoms with Crippen LogP contribution >= 0.6 is 15.9 Å². The Kier molecular flexibility index (Phi) is 2.74. The smallest absolute Gasteiger partial charge is 0.164 e. The highest BCUT2D eigenvalue weighted by Crippen LogP contribution is 2.26. The van der Waals surface area contributed by atoms with Crippen LogP contribution in [0.25, 0.3) is 11.4 Å². The second kappa shape index (κ2) is 4.26. The standard InChI is InChI=1S/C13H14BrN3/c1-9-5-6-12-15-16-13(17(12)8-9)10-3-2-4-11(14)7-10/h2-4,7,9H,5-6,8H2,1H3. The first-order valence-electron chi connectivity index (χ1n) is 5.92. The molecular formula is C13H14BrN3. The van der Waals surface area contributed by atoms with E-state index in [1.54, 1.807) is 0 Å². The SMILES string of the molecule is CC1CCc2nnc(-c3cccc(Br)c3)n2C1. The summed E-state index contributed by atoms with van der Waals surface area (Å²) in [6.07, 6.45) is 2.26. The van der Waals surface area contributed by atoms with E-state index in [9.17, 15) is 0 Å². The monoisotopic (exact) mass is 291 g/mol. The molecule has 0 fully saturated rings. The normalized spacial score (nSPS) is 19.1. The first-order valence-corrected chi connectivity index (χ1v) is 6.71. The molecule has 1 aliphatic rings. The van der Waals surface area contributed by atoms with E-state index in [2.05, 4.69) is 49.8 Å². The van der Waals surface area contributed by atoms with Gasteiger partial charge in [-0.25, -0.2) is 0 Å². The van der Waals surface area contributed by atoms with Crippen molar-refractivity contribution in [3.05, 3.63) is 34.6 Å². The Bertz CT molecular complexity index is 547. The summed E-state index contributed by atoms with van der Waals surface area (Å²) >= 11 is 3.50. The van der Waals surface area contributed by atoms with Gasteiger partial charge in [0, 0.05) is 23.0 Å². The van der Waals surface area contributed by atoms with Gasteiger partial charge in [0.15, 0.2) is 5.82 Å². The first kappa shape index (κ1) is 11.0. The van der Waals surface area contributed by atoms with E-state index in [1.807, 2.05) is 12.1 Å². The van der Waals surface area contributed by atoms with Crippen LogP contribution in [0.1, 0.15) is 19.2 Å². The lowest BCUT2D eigenvalue weighted by Gasteiger charge is -2.20. The van der Waals surface area contributed by atoms with Gasteiger partial charge >= 0.3 is 0 Å². The van der Waals surface area contributed by atoms with Gasteiger partial charge in [0.05, 0.1) is 0 Å². The molecule has 2 aromatic rings. The van der Waals surface area contributed by atoms with Gasteiger partial charge in [-0.3, -0.25) is 0 Å². The molecule has 17 heavy (non-hydrogen) atoms. The fourth-order valence-electron chi connectivity index (χ4n) is 2.33. The lowest BCUT2D eigenvalue weighted by atomic mass is 10.0. The zero-order chi connectivity index (χ0) is 11.8. The summed E-state index contributed by atoms with van der Waals surface area (Å²) in [5.41, 5.74) is 1.13. The molecule has 3 rings (SSSR count). The van der Waals surface area contributed by atoms with Crippen LogP contribution in [0.2, 0.25) is 0 Å². The van der Waals surface area contributed by atoms with Crippen molar-refractivity contribution >= 4 is 15.9 Å². The Labute approximate surface area is 109 Å². The average molecular weight is 292 g/mol. The molecule has 1 aromatic heterocycles. The van der Waals surface area contributed by atoms with E-state index in [1.165, 1.54) is 6.42 Å². The third kappa shape index (κ3) is 2.02. The Morgan fingerprint density at radius 1 is 1.35 bits per heavy atom. The fraction of sp³-hybridized carbons (Fsp3) is 0.385. The van der Waals surface area contributed by atoms with E-state index in [-0.39, 0.29) is 0 Å². The Balaban J connectivity index is 2.07. The van der Waals surface area contributed by atoms with E-state index < -0.39 is 0 Å². The third-order valence-corrected chi connectivity index (χ3v) is 3.76. The Hall–Kier alpha value is -1.16. The van der Waals surface area contributed by atoms with Gasteiger partial charge in [-0.2, -0.15) is 0 Å². The van der Waals surface area contributed by atoms with Crippen molar-refractivity contribution in [1.29, 1.82) is 0 Å². The minimum atomic E-state index is 0.712. The number of nitrogens with zero attached hydrogens (tertiary/aromatic N) is 3. The van der Waals surface area contributed by atoms with Crippen molar-refractivity contribution in [3.8, 4) is 11.4 Å². The van der Waals surface area contributed by atoms with Crippen LogP contribution in [-0.4, -0.2) is 14.8 Å².